The van der Waals surface area contributed by atoms with Gasteiger partial charge in [-0.05, 0) is 85.3 Å². The lowest BCUT2D eigenvalue weighted by atomic mass is 9.84. The third-order valence-electron chi connectivity index (χ3n) is 8.89. The van der Waals surface area contributed by atoms with Crippen LogP contribution >= 0.6 is 0 Å². The Kier molecular flexibility index (Phi) is 5.35. The van der Waals surface area contributed by atoms with Gasteiger partial charge in [0.15, 0.2) is 0 Å². The first kappa shape index (κ1) is 22.3. The van der Waals surface area contributed by atoms with Crippen molar-refractivity contribution in [1.29, 1.82) is 0 Å². The first-order valence-corrected chi connectivity index (χ1v) is 15.7. The molecule has 0 amide bonds. The van der Waals surface area contributed by atoms with Gasteiger partial charge in [-0.25, -0.2) is 4.98 Å². The molecule has 0 fully saturated rings. The monoisotopic (exact) mass is 603 g/mol. The fourth-order valence-corrected chi connectivity index (χ4v) is 6.79. The molecular weight excluding hydrogens is 569 g/mol. The molecule has 220 valence electrons. The van der Waals surface area contributed by atoms with Gasteiger partial charge < -0.3 is 0 Å². The second kappa shape index (κ2) is 11.3. The number of nitrogens with zero attached hydrogens (tertiary/aromatic N) is 2. The van der Waals surface area contributed by atoms with E-state index in [4.69, 9.17) is 11.8 Å². The Morgan fingerprint density at radius 1 is 0.426 bits per heavy atom. The van der Waals surface area contributed by atoms with Gasteiger partial charge in [0.05, 0.1) is 17.9 Å². The smallest absolute Gasteiger partial charge is 0.145 e. The molecular formula is C45H30N2. The number of para-hydroxylation sites is 3. The number of fused-ring (bicyclic) bond motifs is 3. The SMILES string of the molecule is [2H]c1c([2H])c([2H])c(-c2c3ccccc3c(-c3ccc(-c4nc5ccccc5n4-c4ccccc4)cc3)c3ccc(-c4ccccc4)cc23)c([2H])c1[2H]. The van der Waals surface area contributed by atoms with Crippen LogP contribution in [0.25, 0.3) is 83.0 Å². The molecule has 0 radical (unpaired) electrons. The Morgan fingerprint density at radius 3 is 1.74 bits per heavy atom. The zero-order chi connectivity index (χ0) is 35.5. The van der Waals surface area contributed by atoms with E-state index in [1.165, 1.54) is 0 Å². The van der Waals surface area contributed by atoms with Crippen molar-refractivity contribution in [2.24, 2.45) is 0 Å². The minimum Gasteiger partial charge on any atom is -0.292 e. The normalized spacial score (nSPS) is 12.9. The molecule has 0 aliphatic rings. The number of benzene rings is 8. The number of hydrogen-bond donors (Lipinski definition) is 0. The van der Waals surface area contributed by atoms with Crippen LogP contribution in [-0.4, -0.2) is 9.55 Å². The predicted octanol–water partition coefficient (Wildman–Crippen LogP) is 12.0. The summed E-state index contributed by atoms with van der Waals surface area (Å²) in [4.78, 5) is 5.07. The molecule has 0 bridgehead atoms. The van der Waals surface area contributed by atoms with E-state index in [1.54, 1.807) is 0 Å². The van der Waals surface area contributed by atoms with Gasteiger partial charge in [-0.2, -0.15) is 0 Å². The van der Waals surface area contributed by atoms with Gasteiger partial charge >= 0.3 is 0 Å². The van der Waals surface area contributed by atoms with Gasteiger partial charge in [-0.15, -0.1) is 0 Å². The van der Waals surface area contributed by atoms with Gasteiger partial charge in [-0.1, -0.05) is 152 Å². The number of rotatable bonds is 5. The van der Waals surface area contributed by atoms with Crippen molar-refractivity contribution in [3.8, 4) is 50.5 Å². The topological polar surface area (TPSA) is 17.8 Å². The summed E-state index contributed by atoms with van der Waals surface area (Å²) in [6.07, 6.45) is 0. The molecule has 47 heavy (non-hydrogen) atoms. The van der Waals surface area contributed by atoms with E-state index in [2.05, 4.69) is 83.4 Å². The quantitative estimate of drug-likeness (QED) is 0.179. The van der Waals surface area contributed by atoms with Crippen molar-refractivity contribution in [1.82, 2.24) is 9.55 Å². The highest BCUT2D eigenvalue weighted by atomic mass is 15.1. The van der Waals surface area contributed by atoms with Crippen molar-refractivity contribution >= 4 is 32.6 Å². The van der Waals surface area contributed by atoms with Crippen LogP contribution in [0.3, 0.4) is 0 Å². The molecule has 0 atom stereocenters. The van der Waals surface area contributed by atoms with E-state index in [9.17, 15) is 0 Å². The second-order valence-electron chi connectivity index (χ2n) is 11.6. The fraction of sp³-hybridized carbons (Fsp3) is 0. The molecule has 2 nitrogen and oxygen atoms in total. The molecule has 0 N–H and O–H groups in total. The van der Waals surface area contributed by atoms with Crippen LogP contribution in [0.4, 0.5) is 0 Å². The van der Waals surface area contributed by atoms with Crippen LogP contribution in [0.5, 0.6) is 0 Å². The summed E-state index contributed by atoms with van der Waals surface area (Å²) in [5.74, 6) is 0.845. The van der Waals surface area contributed by atoms with E-state index in [1.807, 2.05) is 72.8 Å². The molecule has 0 saturated heterocycles. The Hall–Kier alpha value is -6.25. The van der Waals surface area contributed by atoms with Gasteiger partial charge in [0.1, 0.15) is 5.82 Å². The highest BCUT2D eigenvalue weighted by Crippen LogP contribution is 2.45. The van der Waals surface area contributed by atoms with E-state index in [-0.39, 0.29) is 29.7 Å². The van der Waals surface area contributed by atoms with E-state index < -0.39 is 6.04 Å². The highest BCUT2D eigenvalue weighted by molar-refractivity contribution is 6.22. The predicted molar refractivity (Wildman–Crippen MR) is 198 cm³/mol. The van der Waals surface area contributed by atoms with Crippen molar-refractivity contribution in [2.45, 2.75) is 0 Å². The van der Waals surface area contributed by atoms with Gasteiger partial charge in [0.25, 0.3) is 0 Å². The Morgan fingerprint density at radius 2 is 1.00 bits per heavy atom. The van der Waals surface area contributed by atoms with Crippen LogP contribution in [0, 0.1) is 0 Å². The van der Waals surface area contributed by atoms with Crippen LogP contribution in [0.1, 0.15) is 6.85 Å². The maximum Gasteiger partial charge on any atom is 0.145 e. The second-order valence-corrected chi connectivity index (χ2v) is 11.6. The van der Waals surface area contributed by atoms with Gasteiger partial charge in [0.2, 0.25) is 0 Å². The molecule has 0 unspecified atom stereocenters. The summed E-state index contributed by atoms with van der Waals surface area (Å²) in [6, 6.07) is 49.6. The summed E-state index contributed by atoms with van der Waals surface area (Å²) in [7, 11) is 0. The van der Waals surface area contributed by atoms with E-state index in [0.717, 1.165) is 71.9 Å². The third kappa shape index (κ3) is 4.62. The Bertz CT molecular complexity index is 2800. The fourth-order valence-electron chi connectivity index (χ4n) is 6.79. The number of hydrogen-bond acceptors (Lipinski definition) is 1. The van der Waals surface area contributed by atoms with Gasteiger partial charge in [-0.3, -0.25) is 4.57 Å². The average molecular weight is 604 g/mol. The Labute approximate surface area is 280 Å². The first-order valence-electron chi connectivity index (χ1n) is 18.2. The van der Waals surface area contributed by atoms with Gasteiger partial charge in [0, 0.05) is 11.3 Å². The molecule has 0 aliphatic heterocycles. The maximum absolute atomic E-state index is 9.00. The van der Waals surface area contributed by atoms with Crippen molar-refractivity contribution in [2.75, 3.05) is 0 Å². The molecule has 8 aromatic carbocycles. The third-order valence-corrected chi connectivity index (χ3v) is 8.89. The summed E-state index contributed by atoms with van der Waals surface area (Å²) >= 11 is 0. The maximum atomic E-state index is 9.00. The molecule has 9 aromatic rings. The van der Waals surface area contributed by atoms with Crippen LogP contribution in [-0.2, 0) is 0 Å². The first-order chi connectivity index (χ1) is 25.4. The molecule has 9 rings (SSSR count). The lowest BCUT2D eigenvalue weighted by molar-refractivity contribution is 1.10. The lowest BCUT2D eigenvalue weighted by Gasteiger charge is -2.19. The Balaban J connectivity index is 1.32. The van der Waals surface area contributed by atoms with Crippen LogP contribution < -0.4 is 0 Å². The van der Waals surface area contributed by atoms with Crippen molar-refractivity contribution in [3.63, 3.8) is 0 Å². The van der Waals surface area contributed by atoms with E-state index >= 15 is 0 Å². The molecule has 0 spiro atoms. The molecule has 1 heterocycles. The van der Waals surface area contributed by atoms with Crippen molar-refractivity contribution in [3.05, 3.63) is 182 Å². The lowest BCUT2D eigenvalue weighted by Crippen LogP contribution is -1.97. The van der Waals surface area contributed by atoms with Crippen molar-refractivity contribution < 1.29 is 6.85 Å². The van der Waals surface area contributed by atoms with E-state index in [0.29, 0.717) is 5.56 Å². The van der Waals surface area contributed by atoms with Crippen LogP contribution in [0.2, 0.25) is 0 Å². The number of imidazole rings is 1. The highest BCUT2D eigenvalue weighted by Gasteiger charge is 2.19. The zero-order valence-corrected chi connectivity index (χ0v) is 25.3. The number of aromatic nitrogens is 2. The minimum atomic E-state index is -0.408. The largest absolute Gasteiger partial charge is 0.292 e. The summed E-state index contributed by atoms with van der Waals surface area (Å²) in [5, 5.41) is 3.46. The molecule has 2 heteroatoms. The zero-order valence-electron chi connectivity index (χ0n) is 30.3. The summed E-state index contributed by atoms with van der Waals surface area (Å²) in [5.41, 5.74) is 8.76. The molecule has 0 aliphatic carbocycles. The van der Waals surface area contributed by atoms with Crippen LogP contribution in [0.15, 0.2) is 182 Å². The summed E-state index contributed by atoms with van der Waals surface area (Å²) in [6.45, 7) is 0. The minimum absolute atomic E-state index is 0.194. The summed E-state index contributed by atoms with van der Waals surface area (Å²) < 4.78 is 45.6. The average Bonchev–Trinajstić information content (AvgIpc) is 3.59. The molecule has 0 saturated carbocycles. The molecule has 1 aromatic heterocycles. The standard InChI is InChI=1S/C45H30N2/c1-4-14-31(15-5-1)35-28-29-39-40(30-35)44(32-16-6-2-7-17-32)38-21-11-10-20-37(38)43(39)33-24-26-34(27-25-33)45-46-41-22-12-13-23-42(41)47(45)36-18-8-3-9-19-36/h1-30H/i2D,6D,7D,16D,17D.